The minimum absolute atomic E-state index is 0.267. The van der Waals surface area contributed by atoms with Gasteiger partial charge in [0.1, 0.15) is 12.4 Å². The number of anilines is 1. The van der Waals surface area contributed by atoms with Crippen LogP contribution in [-0.4, -0.2) is 18.0 Å². The SMILES string of the molecule is CC1(C)COC(c2c(N)cccc2F)=N1. The van der Waals surface area contributed by atoms with Crippen molar-refractivity contribution < 1.29 is 9.13 Å². The van der Waals surface area contributed by atoms with Crippen LogP contribution in [0.2, 0.25) is 0 Å². The number of aliphatic imine (C=N–C) groups is 1. The van der Waals surface area contributed by atoms with Gasteiger partial charge in [0.25, 0.3) is 0 Å². The van der Waals surface area contributed by atoms with Crippen molar-refractivity contribution in [3.05, 3.63) is 29.6 Å². The highest BCUT2D eigenvalue weighted by atomic mass is 19.1. The van der Waals surface area contributed by atoms with Gasteiger partial charge in [-0.3, -0.25) is 0 Å². The standard InChI is InChI=1S/C11H13FN2O/c1-11(2)6-15-10(14-11)9-7(12)4-3-5-8(9)13/h3-5H,6,13H2,1-2H3. The molecule has 2 N–H and O–H groups in total. The van der Waals surface area contributed by atoms with Crippen molar-refractivity contribution in [2.45, 2.75) is 19.4 Å². The molecule has 0 saturated carbocycles. The molecule has 0 unspecified atom stereocenters. The Morgan fingerprint density at radius 2 is 2.20 bits per heavy atom. The van der Waals surface area contributed by atoms with Gasteiger partial charge in [-0.2, -0.15) is 0 Å². The summed E-state index contributed by atoms with van der Waals surface area (Å²) >= 11 is 0. The molecule has 1 aliphatic rings. The minimum Gasteiger partial charge on any atom is -0.475 e. The highest BCUT2D eigenvalue weighted by Gasteiger charge is 2.29. The summed E-state index contributed by atoms with van der Waals surface area (Å²) in [6.07, 6.45) is 0. The molecule has 0 fully saturated rings. The van der Waals surface area contributed by atoms with Crippen LogP contribution in [0.4, 0.5) is 10.1 Å². The summed E-state index contributed by atoms with van der Waals surface area (Å²) in [5.41, 5.74) is 6.01. The van der Waals surface area contributed by atoms with E-state index in [0.717, 1.165) is 0 Å². The second-order valence-electron chi connectivity index (χ2n) is 4.22. The van der Waals surface area contributed by atoms with Gasteiger partial charge in [-0.25, -0.2) is 9.38 Å². The Morgan fingerprint density at radius 3 is 2.73 bits per heavy atom. The van der Waals surface area contributed by atoms with Crippen LogP contribution in [0.15, 0.2) is 23.2 Å². The normalized spacial score (nSPS) is 18.5. The van der Waals surface area contributed by atoms with E-state index in [-0.39, 0.29) is 11.1 Å². The van der Waals surface area contributed by atoms with E-state index < -0.39 is 5.82 Å². The van der Waals surface area contributed by atoms with Crippen LogP contribution >= 0.6 is 0 Å². The first-order valence-electron chi connectivity index (χ1n) is 4.77. The van der Waals surface area contributed by atoms with Crippen LogP contribution in [-0.2, 0) is 4.74 Å². The number of rotatable bonds is 1. The molecule has 0 aliphatic carbocycles. The Hall–Kier alpha value is -1.58. The lowest BCUT2D eigenvalue weighted by molar-refractivity contribution is 0.279. The Morgan fingerprint density at radius 1 is 1.47 bits per heavy atom. The fourth-order valence-corrected chi connectivity index (χ4v) is 1.48. The van der Waals surface area contributed by atoms with Crippen molar-refractivity contribution in [3.63, 3.8) is 0 Å². The Labute approximate surface area is 87.8 Å². The number of hydrogen-bond donors (Lipinski definition) is 1. The zero-order valence-electron chi connectivity index (χ0n) is 8.75. The van der Waals surface area contributed by atoms with Crippen molar-refractivity contribution in [3.8, 4) is 0 Å². The first kappa shape index (κ1) is 9.96. The largest absolute Gasteiger partial charge is 0.475 e. The van der Waals surface area contributed by atoms with E-state index in [4.69, 9.17) is 10.5 Å². The van der Waals surface area contributed by atoms with Crippen molar-refractivity contribution in [2.24, 2.45) is 4.99 Å². The van der Waals surface area contributed by atoms with E-state index in [1.807, 2.05) is 13.8 Å². The summed E-state index contributed by atoms with van der Waals surface area (Å²) in [6, 6.07) is 4.55. The summed E-state index contributed by atoms with van der Waals surface area (Å²) < 4.78 is 18.9. The molecule has 0 atom stereocenters. The molecular weight excluding hydrogens is 195 g/mol. The lowest BCUT2D eigenvalue weighted by Gasteiger charge is -2.07. The van der Waals surface area contributed by atoms with Gasteiger partial charge < -0.3 is 10.5 Å². The second-order valence-corrected chi connectivity index (χ2v) is 4.22. The molecule has 0 amide bonds. The third-order valence-corrected chi connectivity index (χ3v) is 2.23. The smallest absolute Gasteiger partial charge is 0.221 e. The molecule has 15 heavy (non-hydrogen) atoms. The molecule has 0 spiro atoms. The molecule has 0 saturated heterocycles. The number of hydrogen-bond acceptors (Lipinski definition) is 3. The van der Waals surface area contributed by atoms with E-state index in [0.29, 0.717) is 18.2 Å². The van der Waals surface area contributed by atoms with Crippen molar-refractivity contribution >= 4 is 11.6 Å². The van der Waals surface area contributed by atoms with E-state index in [9.17, 15) is 4.39 Å². The first-order valence-corrected chi connectivity index (χ1v) is 4.77. The molecule has 4 heteroatoms. The molecule has 0 radical (unpaired) electrons. The molecule has 0 aromatic heterocycles. The van der Waals surface area contributed by atoms with Crippen LogP contribution in [0.1, 0.15) is 19.4 Å². The number of ether oxygens (including phenoxy) is 1. The summed E-state index contributed by atoms with van der Waals surface area (Å²) in [5.74, 6) is -0.0953. The Balaban J connectivity index is 2.48. The molecule has 3 nitrogen and oxygen atoms in total. The lowest BCUT2D eigenvalue weighted by Crippen LogP contribution is -2.17. The zero-order valence-corrected chi connectivity index (χ0v) is 8.75. The Bertz CT molecular complexity index is 406. The van der Waals surface area contributed by atoms with Gasteiger partial charge >= 0.3 is 0 Å². The van der Waals surface area contributed by atoms with Gasteiger partial charge in [0.2, 0.25) is 5.90 Å². The fourth-order valence-electron chi connectivity index (χ4n) is 1.48. The predicted octanol–water partition coefficient (Wildman–Crippen LogP) is 1.96. The molecule has 2 rings (SSSR count). The maximum atomic E-state index is 13.5. The second kappa shape index (κ2) is 3.22. The third-order valence-electron chi connectivity index (χ3n) is 2.23. The van der Waals surface area contributed by atoms with E-state index in [1.54, 1.807) is 12.1 Å². The third kappa shape index (κ3) is 1.79. The monoisotopic (exact) mass is 208 g/mol. The predicted molar refractivity (Wildman–Crippen MR) is 57.4 cm³/mol. The lowest BCUT2D eigenvalue weighted by atomic mass is 10.1. The van der Waals surface area contributed by atoms with Crippen LogP contribution in [0.25, 0.3) is 0 Å². The van der Waals surface area contributed by atoms with Crippen molar-refractivity contribution in [1.29, 1.82) is 0 Å². The Kier molecular flexibility index (Phi) is 2.14. The quantitative estimate of drug-likeness (QED) is 0.717. The minimum atomic E-state index is -0.397. The van der Waals surface area contributed by atoms with E-state index in [2.05, 4.69) is 4.99 Å². The number of nitrogens with zero attached hydrogens (tertiary/aromatic N) is 1. The molecular formula is C11H13FN2O. The summed E-state index contributed by atoms with van der Waals surface area (Å²) in [4.78, 5) is 4.29. The molecule has 1 heterocycles. The van der Waals surface area contributed by atoms with Crippen molar-refractivity contribution in [2.75, 3.05) is 12.3 Å². The number of nitrogen functional groups attached to an aromatic ring is 1. The topological polar surface area (TPSA) is 47.6 Å². The van der Waals surface area contributed by atoms with E-state index >= 15 is 0 Å². The summed E-state index contributed by atoms with van der Waals surface area (Å²) in [7, 11) is 0. The summed E-state index contributed by atoms with van der Waals surface area (Å²) in [6.45, 7) is 4.31. The molecule has 0 bridgehead atoms. The maximum Gasteiger partial charge on any atom is 0.221 e. The van der Waals surface area contributed by atoms with Crippen LogP contribution in [0.3, 0.4) is 0 Å². The highest BCUT2D eigenvalue weighted by molar-refractivity contribution is 6.00. The van der Waals surface area contributed by atoms with Gasteiger partial charge in [0.05, 0.1) is 11.1 Å². The van der Waals surface area contributed by atoms with Gasteiger partial charge in [0.15, 0.2) is 0 Å². The van der Waals surface area contributed by atoms with E-state index in [1.165, 1.54) is 6.07 Å². The van der Waals surface area contributed by atoms with Crippen molar-refractivity contribution in [1.82, 2.24) is 0 Å². The molecule has 1 aromatic rings. The van der Waals surface area contributed by atoms with Crippen LogP contribution < -0.4 is 5.73 Å². The van der Waals surface area contributed by atoms with Gasteiger partial charge in [-0.05, 0) is 26.0 Å². The molecule has 80 valence electrons. The highest BCUT2D eigenvalue weighted by Crippen LogP contribution is 2.25. The average molecular weight is 208 g/mol. The number of halogens is 1. The average Bonchev–Trinajstić information content (AvgIpc) is 2.46. The number of nitrogens with two attached hydrogens (primary N) is 1. The van der Waals surface area contributed by atoms with Crippen LogP contribution in [0, 0.1) is 5.82 Å². The van der Waals surface area contributed by atoms with Gasteiger partial charge in [-0.15, -0.1) is 0 Å². The molecule has 1 aliphatic heterocycles. The summed E-state index contributed by atoms with van der Waals surface area (Å²) in [5, 5.41) is 0. The fraction of sp³-hybridized carbons (Fsp3) is 0.364. The zero-order chi connectivity index (χ0) is 11.1. The molecule has 1 aromatic carbocycles. The van der Waals surface area contributed by atoms with Crippen LogP contribution in [0.5, 0.6) is 0 Å². The maximum absolute atomic E-state index is 13.5. The number of benzene rings is 1. The van der Waals surface area contributed by atoms with Gasteiger partial charge in [0, 0.05) is 5.69 Å². The van der Waals surface area contributed by atoms with Gasteiger partial charge in [-0.1, -0.05) is 6.07 Å². The first-order chi connectivity index (χ1) is 6.99.